The Labute approximate surface area is 274 Å². The van der Waals surface area contributed by atoms with Gasteiger partial charge in [-0.15, -0.1) is 0 Å². The Morgan fingerprint density at radius 3 is 2.09 bits per heavy atom. The van der Waals surface area contributed by atoms with E-state index in [0.29, 0.717) is 29.2 Å². The number of sulfonamides is 1. The van der Waals surface area contributed by atoms with Crippen molar-refractivity contribution < 1.29 is 31.5 Å². The van der Waals surface area contributed by atoms with Crippen molar-refractivity contribution in [3.63, 3.8) is 0 Å². The van der Waals surface area contributed by atoms with Crippen LogP contribution in [0.15, 0.2) is 82.2 Å². The molecule has 46 heavy (non-hydrogen) atoms. The molecule has 5 rings (SSSR count). The summed E-state index contributed by atoms with van der Waals surface area (Å²) in [4.78, 5) is 18.8. The predicted octanol–water partition coefficient (Wildman–Crippen LogP) is 7.53. The van der Waals surface area contributed by atoms with Crippen LogP contribution in [-0.4, -0.2) is 48.7 Å². The second-order valence-electron chi connectivity index (χ2n) is 11.0. The smallest absolute Gasteiger partial charge is 0.475 e. The molecule has 9 nitrogen and oxygen atoms in total. The SMILES string of the molecule is CCc1ccc(Nc2nc(NCC3CCC(CNS(=O)(=O)c4ccc(Br)cc4)CC3)nc3ccccc23)cc1.O=C(O)C(F)(F)F. The second-order valence-corrected chi connectivity index (χ2v) is 13.6. The number of anilines is 3. The zero-order chi connectivity index (χ0) is 33.3. The molecule has 1 fully saturated rings. The molecule has 3 aromatic carbocycles. The van der Waals surface area contributed by atoms with E-state index in [9.17, 15) is 21.6 Å². The molecule has 0 atom stereocenters. The molecule has 14 heteroatoms. The number of rotatable bonds is 10. The quantitative estimate of drug-likeness (QED) is 0.132. The van der Waals surface area contributed by atoms with Crippen molar-refractivity contribution in [1.29, 1.82) is 0 Å². The Bertz CT molecular complexity index is 1720. The van der Waals surface area contributed by atoms with Crippen LogP contribution in [0, 0.1) is 11.8 Å². The maximum absolute atomic E-state index is 12.6. The van der Waals surface area contributed by atoms with Crippen LogP contribution in [-0.2, 0) is 21.2 Å². The van der Waals surface area contributed by atoms with Gasteiger partial charge in [0.25, 0.3) is 0 Å². The summed E-state index contributed by atoms with van der Waals surface area (Å²) in [7, 11) is -3.49. The number of nitrogens with zero attached hydrogens (tertiary/aromatic N) is 2. The molecule has 0 unspecified atom stereocenters. The Hall–Kier alpha value is -3.75. The zero-order valence-electron chi connectivity index (χ0n) is 25.0. The fourth-order valence-corrected chi connectivity index (χ4v) is 6.39. The second kappa shape index (κ2) is 15.7. The van der Waals surface area contributed by atoms with E-state index in [4.69, 9.17) is 19.9 Å². The van der Waals surface area contributed by atoms with E-state index in [0.717, 1.165) is 65.5 Å². The van der Waals surface area contributed by atoms with Crippen LogP contribution in [0.5, 0.6) is 0 Å². The van der Waals surface area contributed by atoms with E-state index in [2.05, 4.69) is 62.5 Å². The van der Waals surface area contributed by atoms with Gasteiger partial charge >= 0.3 is 12.1 Å². The molecule has 4 aromatic rings. The number of halogens is 4. The summed E-state index contributed by atoms with van der Waals surface area (Å²) >= 11 is 3.35. The Morgan fingerprint density at radius 2 is 1.50 bits per heavy atom. The number of aliphatic carboxylic acids is 1. The fourth-order valence-electron chi connectivity index (χ4n) is 5.01. The van der Waals surface area contributed by atoms with Gasteiger partial charge in [0.2, 0.25) is 16.0 Å². The van der Waals surface area contributed by atoms with Gasteiger partial charge in [-0.1, -0.05) is 47.1 Å². The van der Waals surface area contributed by atoms with Gasteiger partial charge in [-0.25, -0.2) is 22.9 Å². The minimum absolute atomic E-state index is 0.297. The highest BCUT2D eigenvalue weighted by atomic mass is 79.9. The number of para-hydroxylation sites is 1. The maximum Gasteiger partial charge on any atom is 0.490 e. The van der Waals surface area contributed by atoms with Crippen molar-refractivity contribution in [3.05, 3.63) is 82.8 Å². The molecule has 0 bridgehead atoms. The van der Waals surface area contributed by atoms with E-state index >= 15 is 0 Å². The van der Waals surface area contributed by atoms with E-state index in [1.165, 1.54) is 5.56 Å². The summed E-state index contributed by atoms with van der Waals surface area (Å²) in [6.45, 7) is 3.42. The van der Waals surface area contributed by atoms with Gasteiger partial charge in [-0.2, -0.15) is 18.2 Å². The highest BCUT2D eigenvalue weighted by molar-refractivity contribution is 9.10. The molecule has 246 valence electrons. The van der Waals surface area contributed by atoms with E-state index in [1.54, 1.807) is 24.3 Å². The number of carboxylic acids is 1. The molecule has 1 saturated carbocycles. The molecule has 4 N–H and O–H groups in total. The van der Waals surface area contributed by atoms with Crippen LogP contribution in [0.3, 0.4) is 0 Å². The van der Waals surface area contributed by atoms with Crippen molar-refractivity contribution in [1.82, 2.24) is 14.7 Å². The monoisotopic (exact) mass is 721 g/mol. The normalized spacial score (nSPS) is 16.7. The summed E-state index contributed by atoms with van der Waals surface area (Å²) in [5.74, 6) is -0.511. The minimum atomic E-state index is -5.08. The van der Waals surface area contributed by atoms with Gasteiger partial charge in [0.05, 0.1) is 10.4 Å². The van der Waals surface area contributed by atoms with Crippen molar-refractivity contribution >= 4 is 60.3 Å². The van der Waals surface area contributed by atoms with Gasteiger partial charge in [0.1, 0.15) is 5.82 Å². The lowest BCUT2D eigenvalue weighted by molar-refractivity contribution is -0.192. The topological polar surface area (TPSA) is 133 Å². The third-order valence-electron chi connectivity index (χ3n) is 7.67. The van der Waals surface area contributed by atoms with Crippen LogP contribution in [0.25, 0.3) is 10.9 Å². The number of hydrogen-bond acceptors (Lipinski definition) is 7. The number of nitrogens with one attached hydrogen (secondary N) is 3. The molecular formula is C32H35BrF3N5O4S. The number of hydrogen-bond donors (Lipinski definition) is 4. The third kappa shape index (κ3) is 10.1. The van der Waals surface area contributed by atoms with Gasteiger partial charge in [-0.3, -0.25) is 0 Å². The van der Waals surface area contributed by atoms with Gasteiger partial charge in [0, 0.05) is 28.6 Å². The molecule has 1 aliphatic rings. The first-order valence-corrected chi connectivity index (χ1v) is 17.0. The average molecular weight is 723 g/mol. The lowest BCUT2D eigenvalue weighted by Crippen LogP contribution is -2.32. The van der Waals surface area contributed by atoms with Gasteiger partial charge in [0.15, 0.2) is 0 Å². The molecule has 1 heterocycles. The van der Waals surface area contributed by atoms with Crippen molar-refractivity contribution in [3.8, 4) is 0 Å². The van der Waals surface area contributed by atoms with Gasteiger partial charge < -0.3 is 15.7 Å². The Kier molecular flexibility index (Phi) is 12.0. The molecule has 0 amide bonds. The number of alkyl halides is 3. The first-order valence-electron chi connectivity index (χ1n) is 14.8. The van der Waals surface area contributed by atoms with E-state index in [1.807, 2.05) is 24.3 Å². The standard InChI is InChI=1S/C30H34BrN5O2S.C2HF3O2/c1-2-21-11-15-25(16-12-21)34-29-27-5-3-4-6-28(27)35-30(36-29)32-19-22-7-9-23(10-8-22)20-33-39(37,38)26-17-13-24(31)14-18-26;3-2(4,5)1(6)7/h3-6,11-18,22-23,33H,2,7-10,19-20H2,1H3,(H2,32,34,35,36);(H,6,7). The lowest BCUT2D eigenvalue weighted by atomic mass is 9.82. The Balaban J connectivity index is 0.000000617. The summed E-state index contributed by atoms with van der Waals surface area (Å²) in [5.41, 5.74) is 3.19. The van der Waals surface area contributed by atoms with Crippen molar-refractivity contribution in [2.24, 2.45) is 11.8 Å². The largest absolute Gasteiger partial charge is 0.490 e. The number of aryl methyl sites for hydroxylation is 1. The fraction of sp³-hybridized carbons (Fsp3) is 0.344. The summed E-state index contributed by atoms with van der Waals surface area (Å²) in [5, 5.41) is 15.0. The molecule has 1 aromatic heterocycles. The molecular weight excluding hydrogens is 687 g/mol. The Morgan fingerprint density at radius 1 is 0.913 bits per heavy atom. The number of fused-ring (bicyclic) bond motifs is 1. The highest BCUT2D eigenvalue weighted by Crippen LogP contribution is 2.30. The van der Waals surface area contributed by atoms with Gasteiger partial charge in [-0.05, 0) is 98.0 Å². The highest BCUT2D eigenvalue weighted by Gasteiger charge is 2.38. The average Bonchev–Trinajstić information content (AvgIpc) is 3.04. The first kappa shape index (κ1) is 35.1. The van der Waals surface area contributed by atoms with E-state index < -0.39 is 22.2 Å². The number of carbonyl (C=O) groups is 1. The lowest BCUT2D eigenvalue weighted by Gasteiger charge is -2.28. The van der Waals surface area contributed by atoms with Crippen LogP contribution in [0.2, 0.25) is 0 Å². The van der Waals surface area contributed by atoms with Crippen LogP contribution in [0.1, 0.15) is 38.2 Å². The molecule has 0 spiro atoms. The van der Waals surface area contributed by atoms with Crippen molar-refractivity contribution in [2.45, 2.75) is 50.1 Å². The van der Waals surface area contributed by atoms with Crippen LogP contribution >= 0.6 is 15.9 Å². The summed E-state index contributed by atoms with van der Waals surface area (Å²) in [6.07, 6.45) is -0.00269. The molecule has 0 saturated heterocycles. The van der Waals surface area contributed by atoms with E-state index in [-0.39, 0.29) is 0 Å². The molecule has 0 aliphatic heterocycles. The zero-order valence-corrected chi connectivity index (χ0v) is 27.4. The number of carboxylic acid groups (broad SMARTS) is 1. The van der Waals surface area contributed by atoms with Crippen molar-refractivity contribution in [2.75, 3.05) is 23.7 Å². The number of aromatic nitrogens is 2. The molecule has 0 radical (unpaired) electrons. The predicted molar refractivity (Wildman–Crippen MR) is 176 cm³/mol. The maximum atomic E-state index is 12.6. The first-order chi connectivity index (χ1) is 21.8. The van der Waals surface area contributed by atoms with Crippen LogP contribution in [0.4, 0.5) is 30.6 Å². The summed E-state index contributed by atoms with van der Waals surface area (Å²) in [6, 6.07) is 23.2. The number of benzene rings is 3. The van der Waals surface area contributed by atoms with Crippen LogP contribution < -0.4 is 15.4 Å². The third-order valence-corrected chi connectivity index (χ3v) is 9.64. The summed E-state index contributed by atoms with van der Waals surface area (Å²) < 4.78 is 60.6. The molecule has 1 aliphatic carbocycles. The minimum Gasteiger partial charge on any atom is -0.475 e.